The molecule has 0 saturated heterocycles. The van der Waals surface area contributed by atoms with Crippen molar-refractivity contribution in [3.63, 3.8) is 0 Å². The Labute approximate surface area is 369 Å². The van der Waals surface area contributed by atoms with Gasteiger partial charge in [0.2, 0.25) is 0 Å². The van der Waals surface area contributed by atoms with E-state index in [1.165, 1.54) is 131 Å². The highest BCUT2D eigenvalue weighted by molar-refractivity contribution is 6.44. The van der Waals surface area contributed by atoms with E-state index in [4.69, 9.17) is 0 Å². The first-order chi connectivity index (χ1) is 31.8. The van der Waals surface area contributed by atoms with Crippen LogP contribution in [-0.2, 0) is 0 Å². The van der Waals surface area contributed by atoms with E-state index in [2.05, 4.69) is 240 Å². The summed E-state index contributed by atoms with van der Waals surface area (Å²) in [4.78, 5) is 0. The monoisotopic (exact) mass is 810 g/mol. The van der Waals surface area contributed by atoms with Gasteiger partial charge in [-0.1, -0.05) is 206 Å². The maximum absolute atomic E-state index is 2.59. The summed E-state index contributed by atoms with van der Waals surface area (Å²) in [6.07, 6.45) is 0. The molecule has 2 nitrogen and oxygen atoms in total. The minimum Gasteiger partial charge on any atom is -0.308 e. The number of aromatic nitrogens is 2. The van der Waals surface area contributed by atoms with Crippen molar-refractivity contribution in [3.8, 4) is 33.6 Å². The highest BCUT2D eigenvalue weighted by Crippen LogP contribution is 2.51. The van der Waals surface area contributed by atoms with Crippen molar-refractivity contribution in [2.75, 3.05) is 0 Å². The molecular weight excluding hydrogens is 773 g/mol. The molecule has 0 bridgehead atoms. The largest absolute Gasteiger partial charge is 0.308 e. The molecule has 0 saturated carbocycles. The van der Waals surface area contributed by atoms with Gasteiger partial charge < -0.3 is 9.13 Å². The summed E-state index contributed by atoms with van der Waals surface area (Å²) in [5, 5.41) is 17.5. The molecule has 0 radical (unpaired) electrons. The lowest BCUT2D eigenvalue weighted by atomic mass is 9.90. The summed E-state index contributed by atoms with van der Waals surface area (Å²) in [7, 11) is 0. The van der Waals surface area contributed by atoms with Crippen LogP contribution in [0.25, 0.3) is 131 Å². The SMILES string of the molecule is c1ccc(-c2cccc3c(-n4c5ccccc5c5c6ccccc6c6c(c7ccccc7c7c8ccccc8n(-c8ccc(-c9ccccc9)c9ccccc89)c76)c54)cccc23)cc1. The van der Waals surface area contributed by atoms with E-state index >= 15 is 0 Å². The Morgan fingerprint density at radius 1 is 0.203 bits per heavy atom. The fourth-order valence-corrected chi connectivity index (χ4v) is 11.3. The van der Waals surface area contributed by atoms with Crippen LogP contribution in [-0.4, -0.2) is 9.13 Å². The van der Waals surface area contributed by atoms with Gasteiger partial charge in [-0.25, -0.2) is 0 Å². The molecule has 64 heavy (non-hydrogen) atoms. The van der Waals surface area contributed by atoms with Crippen molar-refractivity contribution in [1.82, 2.24) is 9.13 Å². The number of hydrogen-bond acceptors (Lipinski definition) is 0. The molecule has 0 aliphatic carbocycles. The molecule has 2 heteroatoms. The topological polar surface area (TPSA) is 9.86 Å². The van der Waals surface area contributed by atoms with Crippen molar-refractivity contribution in [2.45, 2.75) is 0 Å². The highest BCUT2D eigenvalue weighted by Gasteiger charge is 2.27. The van der Waals surface area contributed by atoms with Crippen molar-refractivity contribution < 1.29 is 0 Å². The average Bonchev–Trinajstić information content (AvgIpc) is 3.90. The van der Waals surface area contributed by atoms with Gasteiger partial charge in [0, 0.05) is 43.1 Å². The molecule has 0 fully saturated rings. The summed E-state index contributed by atoms with van der Waals surface area (Å²) >= 11 is 0. The first-order valence-electron chi connectivity index (χ1n) is 22.2. The predicted molar refractivity (Wildman–Crippen MR) is 274 cm³/mol. The quantitative estimate of drug-likeness (QED) is 0.157. The van der Waals surface area contributed by atoms with Crippen molar-refractivity contribution >= 4 is 97.5 Å². The molecule has 296 valence electrons. The van der Waals surface area contributed by atoms with Gasteiger partial charge in [-0.2, -0.15) is 0 Å². The smallest absolute Gasteiger partial charge is 0.0633 e. The zero-order valence-electron chi connectivity index (χ0n) is 34.8. The highest BCUT2D eigenvalue weighted by atomic mass is 15.0. The molecule has 0 amide bonds. The second-order valence-electron chi connectivity index (χ2n) is 17.1. The third-order valence-electron chi connectivity index (χ3n) is 13.9. The van der Waals surface area contributed by atoms with Gasteiger partial charge in [-0.3, -0.25) is 0 Å². The molecule has 14 rings (SSSR count). The first-order valence-corrected chi connectivity index (χ1v) is 22.2. The molecular formula is C62H38N2. The van der Waals surface area contributed by atoms with Crippen LogP contribution in [0.3, 0.4) is 0 Å². The number of benzene rings is 12. The Bertz CT molecular complexity index is 4000. The van der Waals surface area contributed by atoms with Gasteiger partial charge >= 0.3 is 0 Å². The number of nitrogens with zero attached hydrogens (tertiary/aromatic N) is 2. The van der Waals surface area contributed by atoms with Gasteiger partial charge in [0.25, 0.3) is 0 Å². The summed E-state index contributed by atoms with van der Waals surface area (Å²) in [5.74, 6) is 0. The summed E-state index contributed by atoms with van der Waals surface area (Å²) in [6.45, 7) is 0. The lowest BCUT2D eigenvalue weighted by Gasteiger charge is -2.19. The zero-order valence-corrected chi connectivity index (χ0v) is 34.8. The Balaban J connectivity index is 1.23. The predicted octanol–water partition coefficient (Wildman–Crippen LogP) is 17.0. The lowest BCUT2D eigenvalue weighted by molar-refractivity contribution is 1.20. The van der Waals surface area contributed by atoms with Gasteiger partial charge in [-0.05, 0) is 78.8 Å². The molecule has 0 aliphatic rings. The van der Waals surface area contributed by atoms with Crippen LogP contribution < -0.4 is 0 Å². The van der Waals surface area contributed by atoms with Gasteiger partial charge in [0.1, 0.15) is 0 Å². The number of hydrogen-bond donors (Lipinski definition) is 0. The summed E-state index contributed by atoms with van der Waals surface area (Å²) in [5.41, 5.74) is 12.1. The van der Waals surface area contributed by atoms with Crippen LogP contribution in [0.4, 0.5) is 0 Å². The minimum atomic E-state index is 1.17. The van der Waals surface area contributed by atoms with Gasteiger partial charge in [0.05, 0.1) is 33.4 Å². The Kier molecular flexibility index (Phi) is 7.43. The summed E-state index contributed by atoms with van der Waals surface area (Å²) < 4.78 is 5.18. The van der Waals surface area contributed by atoms with E-state index in [0.717, 1.165) is 0 Å². The van der Waals surface area contributed by atoms with Crippen LogP contribution in [0, 0.1) is 0 Å². The maximum atomic E-state index is 2.59. The fourth-order valence-electron chi connectivity index (χ4n) is 11.3. The van der Waals surface area contributed by atoms with Crippen molar-refractivity contribution in [2.24, 2.45) is 0 Å². The third-order valence-corrected chi connectivity index (χ3v) is 13.9. The normalized spacial score (nSPS) is 12.1. The van der Waals surface area contributed by atoms with Gasteiger partial charge in [0.15, 0.2) is 0 Å². The van der Waals surface area contributed by atoms with Crippen LogP contribution in [0.2, 0.25) is 0 Å². The molecule has 14 aromatic rings. The first kappa shape index (κ1) is 35.2. The number of rotatable bonds is 4. The maximum Gasteiger partial charge on any atom is 0.0633 e. The molecule has 0 atom stereocenters. The van der Waals surface area contributed by atoms with Crippen molar-refractivity contribution in [1.29, 1.82) is 0 Å². The lowest BCUT2D eigenvalue weighted by Crippen LogP contribution is -1.99. The van der Waals surface area contributed by atoms with E-state index in [-0.39, 0.29) is 0 Å². The number of para-hydroxylation sites is 2. The number of fused-ring (bicyclic) bond motifs is 17. The van der Waals surface area contributed by atoms with Crippen LogP contribution in [0.1, 0.15) is 0 Å². The molecule has 12 aromatic carbocycles. The van der Waals surface area contributed by atoms with E-state index in [0.29, 0.717) is 0 Å². The third kappa shape index (κ3) is 4.80. The molecule has 0 unspecified atom stereocenters. The van der Waals surface area contributed by atoms with E-state index in [9.17, 15) is 0 Å². The molecule has 2 heterocycles. The van der Waals surface area contributed by atoms with Crippen LogP contribution in [0.15, 0.2) is 231 Å². The van der Waals surface area contributed by atoms with E-state index < -0.39 is 0 Å². The zero-order chi connectivity index (χ0) is 41.9. The standard InChI is InChI=1S/C62H38N2/c1-3-19-39(20-4-1)41-31-17-33-46-44(41)32-18-36-53(46)63-54-34-15-13-29-51(54)57-47-25-9-12-28-50(47)60-59(61(57)63)49-27-11-10-26-48(49)58-52-30-14-16-35-55(52)64(62(58)60)56-38-37-42(40-21-5-2-6-22-40)43-23-7-8-24-45(43)56/h1-38H. The Morgan fingerprint density at radius 2 is 0.547 bits per heavy atom. The molecule has 0 spiro atoms. The second kappa shape index (κ2) is 13.5. The van der Waals surface area contributed by atoms with Crippen LogP contribution >= 0.6 is 0 Å². The average molecular weight is 811 g/mol. The minimum absolute atomic E-state index is 1.17. The Hall–Kier alpha value is -8.46. The Morgan fingerprint density at radius 3 is 1.06 bits per heavy atom. The summed E-state index contributed by atoms with van der Waals surface area (Å²) in [6, 6.07) is 85.2. The molecule has 0 N–H and O–H groups in total. The van der Waals surface area contributed by atoms with Gasteiger partial charge in [-0.15, -0.1) is 0 Å². The van der Waals surface area contributed by atoms with Crippen molar-refractivity contribution in [3.05, 3.63) is 231 Å². The fraction of sp³-hybridized carbons (Fsp3) is 0. The van der Waals surface area contributed by atoms with Crippen LogP contribution in [0.5, 0.6) is 0 Å². The molecule has 0 aliphatic heterocycles. The second-order valence-corrected chi connectivity index (χ2v) is 17.1. The van der Waals surface area contributed by atoms with E-state index in [1.54, 1.807) is 0 Å². The van der Waals surface area contributed by atoms with E-state index in [1.807, 2.05) is 0 Å². The molecule has 2 aromatic heterocycles.